The van der Waals surface area contributed by atoms with Gasteiger partial charge in [-0.3, -0.25) is 0 Å². The summed E-state index contributed by atoms with van der Waals surface area (Å²) >= 11 is 0. The van der Waals surface area contributed by atoms with Crippen LogP contribution in [-0.2, 0) is 0 Å². The molecule has 0 saturated carbocycles. The minimum absolute atomic E-state index is 0.670. The van der Waals surface area contributed by atoms with Crippen molar-refractivity contribution >= 4 is 5.82 Å². The van der Waals surface area contributed by atoms with Crippen LogP contribution in [-0.4, -0.2) is 16.7 Å². The highest BCUT2D eigenvalue weighted by atomic mass is 15.2. The summed E-state index contributed by atoms with van der Waals surface area (Å²) in [4.78, 5) is 0. The standard InChI is InChI=1S/C13H23N3/c1-9(2)12(10(3)4)8-14-13-7-6-11(5)15-16-13/h6-7,9-10,12H,8H2,1-5H3,(H,14,16). The first kappa shape index (κ1) is 12.9. The van der Waals surface area contributed by atoms with Crippen molar-refractivity contribution in [2.24, 2.45) is 17.8 Å². The largest absolute Gasteiger partial charge is 0.368 e. The van der Waals surface area contributed by atoms with Gasteiger partial charge >= 0.3 is 0 Å². The van der Waals surface area contributed by atoms with Crippen LogP contribution in [0.1, 0.15) is 33.4 Å². The highest BCUT2D eigenvalue weighted by Gasteiger charge is 2.17. The average Bonchev–Trinajstić information content (AvgIpc) is 2.20. The summed E-state index contributed by atoms with van der Waals surface area (Å²) in [5, 5.41) is 11.5. The lowest BCUT2D eigenvalue weighted by Crippen LogP contribution is -2.24. The monoisotopic (exact) mass is 221 g/mol. The number of hydrogen-bond acceptors (Lipinski definition) is 3. The third kappa shape index (κ3) is 3.80. The lowest BCUT2D eigenvalue weighted by Gasteiger charge is -2.25. The van der Waals surface area contributed by atoms with Crippen LogP contribution in [0.2, 0.25) is 0 Å². The maximum Gasteiger partial charge on any atom is 0.148 e. The molecule has 0 spiro atoms. The highest BCUT2D eigenvalue weighted by Crippen LogP contribution is 2.20. The molecule has 0 unspecified atom stereocenters. The number of aromatic nitrogens is 2. The molecule has 0 aromatic carbocycles. The summed E-state index contributed by atoms with van der Waals surface area (Å²) in [7, 11) is 0. The molecule has 1 rings (SSSR count). The smallest absolute Gasteiger partial charge is 0.148 e. The summed E-state index contributed by atoms with van der Waals surface area (Å²) in [6, 6.07) is 3.97. The highest BCUT2D eigenvalue weighted by molar-refractivity contribution is 5.32. The molecule has 0 atom stereocenters. The van der Waals surface area contributed by atoms with E-state index in [4.69, 9.17) is 0 Å². The lowest BCUT2D eigenvalue weighted by atomic mass is 9.85. The van der Waals surface area contributed by atoms with Crippen LogP contribution in [0.3, 0.4) is 0 Å². The van der Waals surface area contributed by atoms with Crippen LogP contribution in [0.4, 0.5) is 5.82 Å². The summed E-state index contributed by atoms with van der Waals surface area (Å²) in [6.07, 6.45) is 0. The first-order valence-electron chi connectivity index (χ1n) is 6.05. The number of aryl methyl sites for hydroxylation is 1. The van der Waals surface area contributed by atoms with E-state index < -0.39 is 0 Å². The van der Waals surface area contributed by atoms with Crippen LogP contribution in [0.25, 0.3) is 0 Å². The molecule has 0 radical (unpaired) electrons. The molecule has 3 heteroatoms. The topological polar surface area (TPSA) is 37.8 Å². The zero-order valence-electron chi connectivity index (χ0n) is 11.0. The summed E-state index contributed by atoms with van der Waals surface area (Å²) < 4.78 is 0. The van der Waals surface area contributed by atoms with Gasteiger partial charge in [0.25, 0.3) is 0 Å². The van der Waals surface area contributed by atoms with Gasteiger partial charge in [0.2, 0.25) is 0 Å². The first-order chi connectivity index (χ1) is 7.50. The van der Waals surface area contributed by atoms with Crippen molar-refractivity contribution < 1.29 is 0 Å². The molecule has 3 nitrogen and oxygen atoms in total. The van der Waals surface area contributed by atoms with Gasteiger partial charge in [-0.1, -0.05) is 27.7 Å². The van der Waals surface area contributed by atoms with E-state index in [0.29, 0.717) is 17.8 Å². The molecular formula is C13H23N3. The van der Waals surface area contributed by atoms with Gasteiger partial charge in [0.15, 0.2) is 0 Å². The van der Waals surface area contributed by atoms with Crippen molar-refractivity contribution in [3.63, 3.8) is 0 Å². The van der Waals surface area contributed by atoms with E-state index in [1.165, 1.54) is 0 Å². The maximum atomic E-state index is 4.11. The zero-order chi connectivity index (χ0) is 12.1. The molecule has 0 fully saturated rings. The third-order valence-corrected chi connectivity index (χ3v) is 3.03. The summed E-state index contributed by atoms with van der Waals surface area (Å²) in [5.41, 5.74) is 0.954. The zero-order valence-corrected chi connectivity index (χ0v) is 11.0. The first-order valence-corrected chi connectivity index (χ1v) is 6.05. The van der Waals surface area contributed by atoms with Gasteiger partial charge in [0.1, 0.15) is 5.82 Å². The number of nitrogens with zero attached hydrogens (tertiary/aromatic N) is 2. The van der Waals surface area contributed by atoms with Crippen LogP contribution in [0, 0.1) is 24.7 Å². The molecule has 0 saturated heterocycles. The van der Waals surface area contributed by atoms with E-state index in [1.54, 1.807) is 0 Å². The van der Waals surface area contributed by atoms with E-state index in [2.05, 4.69) is 43.2 Å². The molecule has 1 heterocycles. The van der Waals surface area contributed by atoms with E-state index >= 15 is 0 Å². The van der Waals surface area contributed by atoms with Crippen LogP contribution in [0.5, 0.6) is 0 Å². The number of hydrogen-bond donors (Lipinski definition) is 1. The minimum atomic E-state index is 0.670. The molecule has 1 N–H and O–H groups in total. The SMILES string of the molecule is Cc1ccc(NCC(C(C)C)C(C)C)nn1. The van der Waals surface area contributed by atoms with Crippen molar-refractivity contribution in [1.82, 2.24) is 10.2 Å². The van der Waals surface area contributed by atoms with Gasteiger partial charge in [-0.2, -0.15) is 5.10 Å². The molecule has 0 amide bonds. The van der Waals surface area contributed by atoms with E-state index in [0.717, 1.165) is 18.1 Å². The van der Waals surface area contributed by atoms with Gasteiger partial charge in [0, 0.05) is 6.54 Å². The molecular weight excluding hydrogens is 198 g/mol. The van der Waals surface area contributed by atoms with Crippen LogP contribution >= 0.6 is 0 Å². The second-order valence-electron chi connectivity index (χ2n) is 5.09. The third-order valence-electron chi connectivity index (χ3n) is 3.03. The number of rotatable bonds is 5. The molecule has 1 aromatic heterocycles. The van der Waals surface area contributed by atoms with Gasteiger partial charge in [-0.05, 0) is 36.8 Å². The Bertz CT molecular complexity index is 295. The summed E-state index contributed by atoms with van der Waals surface area (Å²) in [6.45, 7) is 12.0. The second-order valence-corrected chi connectivity index (χ2v) is 5.09. The Kier molecular flexibility index (Phi) is 4.71. The Morgan fingerprint density at radius 3 is 2.12 bits per heavy atom. The second kappa shape index (κ2) is 5.83. The van der Waals surface area contributed by atoms with Gasteiger partial charge < -0.3 is 5.32 Å². The number of nitrogens with one attached hydrogen (secondary N) is 1. The van der Waals surface area contributed by atoms with Crippen molar-refractivity contribution in [3.8, 4) is 0 Å². The lowest BCUT2D eigenvalue weighted by molar-refractivity contribution is 0.304. The fourth-order valence-electron chi connectivity index (χ4n) is 1.96. The summed E-state index contributed by atoms with van der Waals surface area (Å²) in [5.74, 6) is 2.91. The molecule has 0 aliphatic heterocycles. The molecule has 1 aromatic rings. The van der Waals surface area contributed by atoms with Crippen molar-refractivity contribution in [1.29, 1.82) is 0 Å². The molecule has 0 aliphatic rings. The minimum Gasteiger partial charge on any atom is -0.368 e. The van der Waals surface area contributed by atoms with Crippen molar-refractivity contribution in [2.75, 3.05) is 11.9 Å². The molecule has 16 heavy (non-hydrogen) atoms. The Morgan fingerprint density at radius 2 is 1.69 bits per heavy atom. The van der Waals surface area contributed by atoms with Crippen molar-refractivity contribution in [2.45, 2.75) is 34.6 Å². The Labute approximate surface area is 98.7 Å². The van der Waals surface area contributed by atoms with Crippen LogP contribution in [0.15, 0.2) is 12.1 Å². The van der Waals surface area contributed by atoms with E-state index in [1.807, 2.05) is 19.1 Å². The Balaban J connectivity index is 2.52. The fraction of sp³-hybridized carbons (Fsp3) is 0.692. The van der Waals surface area contributed by atoms with Gasteiger partial charge in [-0.25, -0.2) is 0 Å². The predicted molar refractivity (Wildman–Crippen MR) is 68.4 cm³/mol. The van der Waals surface area contributed by atoms with Crippen LogP contribution < -0.4 is 5.32 Å². The quantitative estimate of drug-likeness (QED) is 0.830. The fourth-order valence-corrected chi connectivity index (χ4v) is 1.96. The van der Waals surface area contributed by atoms with Crippen molar-refractivity contribution in [3.05, 3.63) is 17.8 Å². The Morgan fingerprint density at radius 1 is 1.06 bits per heavy atom. The van der Waals surface area contributed by atoms with E-state index in [9.17, 15) is 0 Å². The van der Waals surface area contributed by atoms with Gasteiger partial charge in [0.05, 0.1) is 5.69 Å². The van der Waals surface area contributed by atoms with Gasteiger partial charge in [-0.15, -0.1) is 5.10 Å². The predicted octanol–water partition coefficient (Wildman–Crippen LogP) is 3.13. The number of anilines is 1. The molecule has 90 valence electrons. The van der Waals surface area contributed by atoms with E-state index in [-0.39, 0.29) is 0 Å². The normalized spacial score (nSPS) is 11.5. The maximum absolute atomic E-state index is 4.11. The molecule has 0 bridgehead atoms. The Hall–Kier alpha value is -1.12. The molecule has 0 aliphatic carbocycles. The average molecular weight is 221 g/mol.